The van der Waals surface area contributed by atoms with Gasteiger partial charge >= 0.3 is 12.0 Å². The second-order valence-electron chi connectivity index (χ2n) is 5.64. The molecule has 1 saturated heterocycles. The number of rotatable bonds is 5. The van der Waals surface area contributed by atoms with E-state index in [0.717, 1.165) is 18.6 Å². The number of hydrogen-bond donors (Lipinski definition) is 2. The van der Waals surface area contributed by atoms with E-state index in [2.05, 4.69) is 5.32 Å². The van der Waals surface area contributed by atoms with Crippen molar-refractivity contribution in [3.05, 3.63) is 24.2 Å². The van der Waals surface area contributed by atoms with E-state index < -0.39 is 11.9 Å². The molecule has 1 aromatic heterocycles. The highest BCUT2D eigenvalue weighted by atomic mass is 16.4. The minimum atomic E-state index is -0.830. The molecule has 0 bridgehead atoms. The fourth-order valence-electron chi connectivity index (χ4n) is 2.74. The summed E-state index contributed by atoms with van der Waals surface area (Å²) in [7, 11) is 0. The minimum absolute atomic E-state index is 0.0127. The molecule has 116 valence electrons. The topological polar surface area (TPSA) is 82.8 Å². The Kier molecular flexibility index (Phi) is 4.88. The number of carbonyl (C=O) groups is 2. The first kappa shape index (κ1) is 15.4. The number of hydrogen-bond acceptors (Lipinski definition) is 3. The van der Waals surface area contributed by atoms with Crippen molar-refractivity contribution in [3.63, 3.8) is 0 Å². The van der Waals surface area contributed by atoms with Crippen LogP contribution in [0.2, 0.25) is 0 Å². The van der Waals surface area contributed by atoms with Crippen molar-refractivity contribution in [1.82, 2.24) is 10.2 Å². The molecule has 0 saturated carbocycles. The van der Waals surface area contributed by atoms with Gasteiger partial charge in [-0.2, -0.15) is 0 Å². The number of amides is 2. The van der Waals surface area contributed by atoms with E-state index in [1.54, 1.807) is 18.1 Å². The van der Waals surface area contributed by atoms with Gasteiger partial charge in [-0.05, 0) is 38.8 Å². The maximum atomic E-state index is 12.2. The Morgan fingerprint density at radius 2 is 2.33 bits per heavy atom. The lowest BCUT2D eigenvalue weighted by atomic mass is 10.0. The fourth-order valence-corrected chi connectivity index (χ4v) is 2.74. The van der Waals surface area contributed by atoms with Crippen LogP contribution in [0.3, 0.4) is 0 Å². The number of aryl methyl sites for hydroxylation is 1. The van der Waals surface area contributed by atoms with Crippen molar-refractivity contribution >= 4 is 12.0 Å². The fraction of sp³-hybridized carbons (Fsp3) is 0.600. The van der Waals surface area contributed by atoms with Crippen LogP contribution in [0, 0.1) is 5.92 Å². The summed E-state index contributed by atoms with van der Waals surface area (Å²) in [5.74, 6) is -0.394. The van der Waals surface area contributed by atoms with Crippen molar-refractivity contribution in [2.75, 3.05) is 6.54 Å². The molecule has 1 aromatic rings. The van der Waals surface area contributed by atoms with Gasteiger partial charge < -0.3 is 19.7 Å². The minimum Gasteiger partial charge on any atom is -0.481 e. The number of aliphatic carboxylic acids is 1. The van der Waals surface area contributed by atoms with Gasteiger partial charge in [0, 0.05) is 25.0 Å². The Morgan fingerprint density at radius 3 is 2.90 bits per heavy atom. The number of nitrogens with one attached hydrogen (secondary N) is 1. The van der Waals surface area contributed by atoms with Gasteiger partial charge in [0.15, 0.2) is 0 Å². The van der Waals surface area contributed by atoms with Crippen molar-refractivity contribution in [2.45, 2.75) is 45.2 Å². The largest absolute Gasteiger partial charge is 0.481 e. The average Bonchev–Trinajstić information content (AvgIpc) is 3.05. The molecule has 2 rings (SSSR count). The number of urea groups is 1. The average molecular weight is 294 g/mol. The Balaban J connectivity index is 1.80. The Labute approximate surface area is 124 Å². The molecule has 0 aromatic carbocycles. The van der Waals surface area contributed by atoms with E-state index in [4.69, 9.17) is 9.52 Å². The number of furan rings is 1. The normalized spacial score (nSPS) is 23.0. The second kappa shape index (κ2) is 6.65. The monoisotopic (exact) mass is 294 g/mol. The third-order valence-corrected chi connectivity index (χ3v) is 4.11. The number of likely N-dealkylation sites (tertiary alicyclic amines) is 1. The summed E-state index contributed by atoms with van der Waals surface area (Å²) in [4.78, 5) is 24.9. The zero-order valence-corrected chi connectivity index (χ0v) is 12.4. The van der Waals surface area contributed by atoms with Crippen molar-refractivity contribution in [1.29, 1.82) is 0 Å². The van der Waals surface area contributed by atoms with E-state index >= 15 is 0 Å². The number of carbonyl (C=O) groups excluding carboxylic acids is 1. The summed E-state index contributed by atoms with van der Waals surface area (Å²) in [5, 5.41) is 12.0. The van der Waals surface area contributed by atoms with E-state index in [9.17, 15) is 9.59 Å². The summed E-state index contributed by atoms with van der Waals surface area (Å²) < 4.78 is 5.26. The zero-order valence-electron chi connectivity index (χ0n) is 12.4. The van der Waals surface area contributed by atoms with Crippen LogP contribution in [0.15, 0.2) is 22.8 Å². The maximum Gasteiger partial charge on any atom is 0.317 e. The van der Waals surface area contributed by atoms with Crippen LogP contribution in [0.5, 0.6) is 0 Å². The molecule has 0 aliphatic carbocycles. The Hall–Kier alpha value is -1.98. The molecule has 2 N–H and O–H groups in total. The highest BCUT2D eigenvalue weighted by Crippen LogP contribution is 2.24. The maximum absolute atomic E-state index is 12.2. The summed E-state index contributed by atoms with van der Waals surface area (Å²) in [6, 6.07) is 3.32. The van der Waals surface area contributed by atoms with Crippen LogP contribution in [0.4, 0.5) is 4.79 Å². The standard InChI is InChI=1S/C15H22N2O4/c1-10(5-6-12-4-3-9-21-12)16-15(20)17-8-7-13(11(17)2)14(18)19/h3-4,9-11,13H,5-8H2,1-2H3,(H,16,20)(H,18,19). The number of carboxylic acid groups (broad SMARTS) is 1. The third-order valence-electron chi connectivity index (χ3n) is 4.11. The quantitative estimate of drug-likeness (QED) is 0.871. The highest BCUT2D eigenvalue weighted by molar-refractivity contribution is 5.78. The SMILES string of the molecule is CC(CCc1ccco1)NC(=O)N1CCC(C(=O)O)C1C. The summed E-state index contributed by atoms with van der Waals surface area (Å²) in [6.45, 7) is 4.23. The molecule has 1 fully saturated rings. The predicted octanol–water partition coefficient (Wildman–Crippen LogP) is 2.11. The van der Waals surface area contributed by atoms with Crippen LogP contribution in [-0.4, -0.2) is 40.6 Å². The highest BCUT2D eigenvalue weighted by Gasteiger charge is 2.38. The third kappa shape index (κ3) is 3.77. The van der Waals surface area contributed by atoms with Gasteiger partial charge in [-0.3, -0.25) is 4.79 Å². The second-order valence-corrected chi connectivity index (χ2v) is 5.64. The molecule has 6 heteroatoms. The Bertz CT molecular complexity index is 486. The molecule has 1 aliphatic heterocycles. The van der Waals surface area contributed by atoms with Crippen molar-refractivity contribution in [2.24, 2.45) is 5.92 Å². The van der Waals surface area contributed by atoms with Crippen LogP contribution in [-0.2, 0) is 11.2 Å². The number of carboxylic acids is 1. The molecule has 2 heterocycles. The van der Waals surface area contributed by atoms with Gasteiger partial charge in [0.2, 0.25) is 0 Å². The molecule has 3 atom stereocenters. The molecule has 6 nitrogen and oxygen atoms in total. The number of nitrogens with zero attached hydrogens (tertiary/aromatic N) is 1. The first-order valence-corrected chi connectivity index (χ1v) is 7.31. The van der Waals surface area contributed by atoms with E-state index in [-0.39, 0.29) is 18.1 Å². The summed E-state index contributed by atoms with van der Waals surface area (Å²) in [6.07, 6.45) is 3.70. The first-order chi connectivity index (χ1) is 9.99. The van der Waals surface area contributed by atoms with Crippen LogP contribution >= 0.6 is 0 Å². The van der Waals surface area contributed by atoms with Crippen molar-refractivity contribution in [3.8, 4) is 0 Å². The van der Waals surface area contributed by atoms with Crippen LogP contribution in [0.1, 0.15) is 32.4 Å². The van der Waals surface area contributed by atoms with Gasteiger partial charge in [-0.25, -0.2) is 4.79 Å². The summed E-state index contributed by atoms with van der Waals surface area (Å²) in [5.41, 5.74) is 0. The molecule has 21 heavy (non-hydrogen) atoms. The lowest BCUT2D eigenvalue weighted by Crippen LogP contribution is -2.46. The van der Waals surface area contributed by atoms with Gasteiger partial charge in [0.1, 0.15) is 5.76 Å². The zero-order chi connectivity index (χ0) is 15.4. The molecular formula is C15H22N2O4. The van der Waals surface area contributed by atoms with Crippen LogP contribution in [0.25, 0.3) is 0 Å². The molecule has 0 radical (unpaired) electrons. The lowest BCUT2D eigenvalue weighted by Gasteiger charge is -2.25. The van der Waals surface area contributed by atoms with E-state index in [0.29, 0.717) is 13.0 Å². The molecule has 2 amide bonds. The van der Waals surface area contributed by atoms with E-state index in [1.165, 1.54) is 0 Å². The molecular weight excluding hydrogens is 272 g/mol. The van der Waals surface area contributed by atoms with Gasteiger partial charge in [-0.15, -0.1) is 0 Å². The molecule has 1 aliphatic rings. The van der Waals surface area contributed by atoms with Gasteiger partial charge in [0.25, 0.3) is 0 Å². The first-order valence-electron chi connectivity index (χ1n) is 7.31. The van der Waals surface area contributed by atoms with Gasteiger partial charge in [0.05, 0.1) is 12.2 Å². The van der Waals surface area contributed by atoms with Crippen molar-refractivity contribution < 1.29 is 19.1 Å². The summed E-state index contributed by atoms with van der Waals surface area (Å²) >= 11 is 0. The molecule has 0 spiro atoms. The lowest BCUT2D eigenvalue weighted by molar-refractivity contribution is -0.142. The van der Waals surface area contributed by atoms with Crippen LogP contribution < -0.4 is 5.32 Å². The van der Waals surface area contributed by atoms with Gasteiger partial charge in [-0.1, -0.05) is 0 Å². The smallest absolute Gasteiger partial charge is 0.317 e. The predicted molar refractivity (Wildman–Crippen MR) is 76.9 cm³/mol. The molecule has 3 unspecified atom stereocenters. The Morgan fingerprint density at radius 1 is 1.57 bits per heavy atom. The van der Waals surface area contributed by atoms with E-state index in [1.807, 2.05) is 19.1 Å².